The van der Waals surface area contributed by atoms with E-state index in [1.54, 1.807) is 0 Å². The summed E-state index contributed by atoms with van der Waals surface area (Å²) >= 11 is 0. The number of hydrogen-bond acceptors (Lipinski definition) is 1. The minimum absolute atomic E-state index is 0.370. The van der Waals surface area contributed by atoms with E-state index in [0.29, 0.717) is 22.3 Å². The molecule has 1 aliphatic rings. The standard InChI is InChI=1S/C14H29N/c1-12(2,3)14(13(4,5)6)10-8-9-11(14)15-7/h11,15H,8-10H2,1-7H3/t11-/m0/s1. The second-order valence-corrected chi connectivity index (χ2v) is 7.20. The van der Waals surface area contributed by atoms with Crippen LogP contribution in [-0.2, 0) is 0 Å². The van der Waals surface area contributed by atoms with Crippen molar-refractivity contribution in [2.75, 3.05) is 7.05 Å². The van der Waals surface area contributed by atoms with Crippen LogP contribution in [0, 0.1) is 16.2 Å². The van der Waals surface area contributed by atoms with E-state index in [9.17, 15) is 0 Å². The first kappa shape index (κ1) is 13.0. The Morgan fingerprint density at radius 2 is 1.47 bits per heavy atom. The Bertz CT molecular complexity index is 202. The monoisotopic (exact) mass is 211 g/mol. The molecule has 0 bridgehead atoms. The Morgan fingerprint density at radius 3 is 1.73 bits per heavy atom. The largest absolute Gasteiger partial charge is 0.316 e. The van der Waals surface area contributed by atoms with Crippen molar-refractivity contribution in [1.29, 1.82) is 0 Å². The fourth-order valence-electron chi connectivity index (χ4n) is 4.32. The molecule has 1 heteroatoms. The third-order valence-electron chi connectivity index (χ3n) is 4.68. The summed E-state index contributed by atoms with van der Waals surface area (Å²) in [6.07, 6.45) is 4.08. The van der Waals surface area contributed by atoms with E-state index in [1.807, 2.05) is 0 Å². The van der Waals surface area contributed by atoms with Gasteiger partial charge in [-0.3, -0.25) is 0 Å². The van der Waals surface area contributed by atoms with Gasteiger partial charge in [0.2, 0.25) is 0 Å². The average molecular weight is 211 g/mol. The van der Waals surface area contributed by atoms with Crippen molar-refractivity contribution in [2.24, 2.45) is 16.2 Å². The molecule has 0 aromatic carbocycles. The van der Waals surface area contributed by atoms with Gasteiger partial charge in [-0.1, -0.05) is 48.0 Å². The Balaban J connectivity index is 3.19. The van der Waals surface area contributed by atoms with Gasteiger partial charge >= 0.3 is 0 Å². The molecule has 0 saturated heterocycles. The van der Waals surface area contributed by atoms with Crippen LogP contribution in [0.3, 0.4) is 0 Å². The van der Waals surface area contributed by atoms with Crippen molar-refractivity contribution in [2.45, 2.75) is 66.8 Å². The molecule has 0 spiro atoms. The summed E-state index contributed by atoms with van der Waals surface area (Å²) in [5.74, 6) is 0. The maximum Gasteiger partial charge on any atom is 0.0130 e. The molecule has 0 aromatic heterocycles. The van der Waals surface area contributed by atoms with Crippen LogP contribution in [0.25, 0.3) is 0 Å². The predicted octanol–water partition coefficient (Wildman–Crippen LogP) is 3.84. The first-order chi connectivity index (χ1) is 6.67. The molecular formula is C14H29N. The second-order valence-electron chi connectivity index (χ2n) is 7.20. The van der Waals surface area contributed by atoms with Crippen molar-refractivity contribution in [3.05, 3.63) is 0 Å². The molecule has 1 aliphatic carbocycles. The van der Waals surface area contributed by atoms with Gasteiger partial charge < -0.3 is 5.32 Å². The molecule has 0 unspecified atom stereocenters. The highest BCUT2D eigenvalue weighted by Gasteiger charge is 2.56. The summed E-state index contributed by atoms with van der Waals surface area (Å²) in [5, 5.41) is 3.57. The molecule has 0 aliphatic heterocycles. The quantitative estimate of drug-likeness (QED) is 0.695. The van der Waals surface area contributed by atoms with Crippen molar-refractivity contribution < 1.29 is 0 Å². The van der Waals surface area contributed by atoms with Gasteiger partial charge in [-0.2, -0.15) is 0 Å². The molecule has 0 aromatic rings. The Kier molecular flexibility index (Phi) is 3.27. The van der Waals surface area contributed by atoms with E-state index in [1.165, 1.54) is 19.3 Å². The average Bonchev–Trinajstić information content (AvgIpc) is 2.44. The van der Waals surface area contributed by atoms with Crippen LogP contribution < -0.4 is 5.32 Å². The van der Waals surface area contributed by atoms with E-state index < -0.39 is 0 Å². The van der Waals surface area contributed by atoms with E-state index in [2.05, 4.69) is 53.9 Å². The third-order valence-corrected chi connectivity index (χ3v) is 4.68. The Hall–Kier alpha value is -0.0400. The lowest BCUT2D eigenvalue weighted by Crippen LogP contribution is -2.55. The van der Waals surface area contributed by atoms with Gasteiger partial charge in [-0.15, -0.1) is 0 Å². The zero-order chi connectivity index (χ0) is 11.9. The topological polar surface area (TPSA) is 12.0 Å². The third kappa shape index (κ3) is 1.84. The Labute approximate surface area is 96.0 Å². The van der Waals surface area contributed by atoms with Crippen molar-refractivity contribution in [3.63, 3.8) is 0 Å². The lowest BCUT2D eigenvalue weighted by molar-refractivity contribution is -0.0473. The first-order valence-electron chi connectivity index (χ1n) is 6.34. The summed E-state index contributed by atoms with van der Waals surface area (Å²) in [6, 6.07) is 0.678. The SMILES string of the molecule is CN[C@H]1CCCC1(C(C)(C)C)C(C)(C)C. The molecule has 15 heavy (non-hydrogen) atoms. The summed E-state index contributed by atoms with van der Waals surface area (Å²) in [4.78, 5) is 0. The summed E-state index contributed by atoms with van der Waals surface area (Å²) in [6.45, 7) is 14.5. The first-order valence-corrected chi connectivity index (χ1v) is 6.34. The fraction of sp³-hybridized carbons (Fsp3) is 1.00. The maximum atomic E-state index is 3.57. The molecule has 0 radical (unpaired) electrons. The van der Waals surface area contributed by atoms with Crippen molar-refractivity contribution in [3.8, 4) is 0 Å². The minimum Gasteiger partial charge on any atom is -0.316 e. The van der Waals surface area contributed by atoms with Crippen LogP contribution in [0.15, 0.2) is 0 Å². The maximum absolute atomic E-state index is 3.57. The molecule has 0 amide bonds. The van der Waals surface area contributed by atoms with E-state index in [0.717, 1.165) is 0 Å². The smallest absolute Gasteiger partial charge is 0.0130 e. The second kappa shape index (κ2) is 3.76. The summed E-state index contributed by atoms with van der Waals surface area (Å²) in [5.41, 5.74) is 1.17. The molecule has 1 nitrogen and oxygen atoms in total. The minimum atomic E-state index is 0.370. The van der Waals surface area contributed by atoms with Gasteiger partial charge in [0.15, 0.2) is 0 Å². The van der Waals surface area contributed by atoms with Crippen LogP contribution >= 0.6 is 0 Å². The highest BCUT2D eigenvalue weighted by atomic mass is 14.9. The molecule has 1 saturated carbocycles. The highest BCUT2D eigenvalue weighted by Crippen LogP contribution is 2.60. The van der Waals surface area contributed by atoms with Crippen molar-refractivity contribution in [1.82, 2.24) is 5.32 Å². The van der Waals surface area contributed by atoms with Crippen LogP contribution in [0.2, 0.25) is 0 Å². The molecule has 0 heterocycles. The number of hydrogen-bond donors (Lipinski definition) is 1. The molecule has 1 N–H and O–H groups in total. The van der Waals surface area contributed by atoms with Gasteiger partial charge in [0.1, 0.15) is 0 Å². The molecule has 90 valence electrons. The van der Waals surface area contributed by atoms with Crippen molar-refractivity contribution >= 4 is 0 Å². The van der Waals surface area contributed by atoms with Gasteiger partial charge in [0, 0.05) is 6.04 Å². The predicted molar refractivity (Wildman–Crippen MR) is 68.0 cm³/mol. The van der Waals surface area contributed by atoms with Gasteiger partial charge in [-0.25, -0.2) is 0 Å². The molecule has 1 atom stereocenters. The van der Waals surface area contributed by atoms with Gasteiger partial charge in [0.05, 0.1) is 0 Å². The van der Waals surface area contributed by atoms with E-state index >= 15 is 0 Å². The van der Waals surface area contributed by atoms with Crippen LogP contribution in [-0.4, -0.2) is 13.1 Å². The number of rotatable bonds is 1. The lowest BCUT2D eigenvalue weighted by Gasteiger charge is -2.55. The molecule has 1 fully saturated rings. The normalized spacial score (nSPS) is 27.0. The van der Waals surface area contributed by atoms with Crippen LogP contribution in [0.5, 0.6) is 0 Å². The van der Waals surface area contributed by atoms with E-state index in [4.69, 9.17) is 0 Å². The Morgan fingerprint density at radius 1 is 1.00 bits per heavy atom. The summed E-state index contributed by atoms with van der Waals surface area (Å²) in [7, 11) is 2.13. The van der Waals surface area contributed by atoms with Crippen LogP contribution in [0.1, 0.15) is 60.8 Å². The molecule has 1 rings (SSSR count). The fourth-order valence-corrected chi connectivity index (χ4v) is 4.32. The summed E-state index contributed by atoms with van der Waals surface area (Å²) < 4.78 is 0. The van der Waals surface area contributed by atoms with Gasteiger partial charge in [0.25, 0.3) is 0 Å². The van der Waals surface area contributed by atoms with Gasteiger partial charge in [-0.05, 0) is 36.1 Å². The van der Waals surface area contributed by atoms with E-state index in [-0.39, 0.29) is 0 Å². The zero-order valence-corrected chi connectivity index (χ0v) is 11.7. The lowest BCUT2D eigenvalue weighted by atomic mass is 9.51. The molecular weight excluding hydrogens is 182 g/mol. The highest BCUT2D eigenvalue weighted by molar-refractivity contribution is 5.08. The zero-order valence-electron chi connectivity index (χ0n) is 11.7. The number of nitrogens with one attached hydrogen (secondary N) is 1. The van der Waals surface area contributed by atoms with Crippen LogP contribution in [0.4, 0.5) is 0 Å².